The third kappa shape index (κ3) is 4.12. The highest BCUT2D eigenvalue weighted by atomic mass is 79.9. The summed E-state index contributed by atoms with van der Waals surface area (Å²) in [6.45, 7) is 4.76. The number of terminal acetylenes is 1. The summed E-state index contributed by atoms with van der Waals surface area (Å²) in [4.78, 5) is 12.3. The first-order chi connectivity index (χ1) is 11.3. The predicted octanol–water partition coefficient (Wildman–Crippen LogP) is 3.98. The molecule has 0 aromatic carbocycles. The summed E-state index contributed by atoms with van der Waals surface area (Å²) in [7, 11) is 0. The van der Waals surface area contributed by atoms with E-state index in [1.165, 1.54) is 0 Å². The number of allylic oxidation sites excluding steroid dienone is 1. The highest BCUT2D eigenvalue weighted by Gasteiger charge is 2.61. The molecule has 1 heterocycles. The van der Waals surface area contributed by atoms with Gasteiger partial charge in [-0.15, -0.1) is 6.42 Å². The van der Waals surface area contributed by atoms with Crippen molar-refractivity contribution in [2.24, 2.45) is 17.3 Å². The molecule has 1 fully saturated rings. The van der Waals surface area contributed by atoms with Crippen LogP contribution >= 0.6 is 31.9 Å². The molecule has 1 aromatic rings. The summed E-state index contributed by atoms with van der Waals surface area (Å²) in [6, 6.07) is 3.88. The number of esters is 1. The van der Waals surface area contributed by atoms with E-state index in [2.05, 4.69) is 57.7 Å². The van der Waals surface area contributed by atoms with Gasteiger partial charge in [0.1, 0.15) is 11.8 Å². The molecule has 126 valence electrons. The molecule has 0 aliphatic heterocycles. The van der Waals surface area contributed by atoms with Crippen LogP contribution in [0.2, 0.25) is 0 Å². The molecule has 0 bridgehead atoms. The number of nitrogens with zero attached hydrogens (tertiary/aromatic N) is 2. The Morgan fingerprint density at radius 2 is 2.25 bits per heavy atom. The van der Waals surface area contributed by atoms with Crippen molar-refractivity contribution >= 4 is 37.8 Å². The maximum atomic E-state index is 12.3. The Kier molecular flexibility index (Phi) is 5.96. The zero-order valence-electron chi connectivity index (χ0n) is 13.6. The first-order valence-electron chi connectivity index (χ1n) is 7.53. The number of carbonyl (C=O) groups excluding carboxylic acids is 1. The molecule has 1 aliphatic rings. The maximum Gasteiger partial charge on any atom is 0.310 e. The summed E-state index contributed by atoms with van der Waals surface area (Å²) in [6.07, 6.45) is 9.67. The van der Waals surface area contributed by atoms with Crippen LogP contribution in [0.4, 0.5) is 0 Å². The SMILES string of the molecule is C#CCn1cc(CCOC(=O)[C@H]2[C@@H](C=C(Br)Br)C2(C)C)cc1C#N. The van der Waals surface area contributed by atoms with Gasteiger partial charge >= 0.3 is 5.97 Å². The lowest BCUT2D eigenvalue weighted by Crippen LogP contribution is -2.12. The highest BCUT2D eigenvalue weighted by molar-refractivity contribution is 9.28. The van der Waals surface area contributed by atoms with Crippen LogP contribution in [0.5, 0.6) is 0 Å². The first kappa shape index (κ1) is 18.8. The average Bonchev–Trinajstić information content (AvgIpc) is 2.85. The van der Waals surface area contributed by atoms with E-state index >= 15 is 0 Å². The van der Waals surface area contributed by atoms with Crippen molar-refractivity contribution in [3.05, 3.63) is 33.0 Å². The quantitative estimate of drug-likeness (QED) is 0.483. The third-order valence-electron chi connectivity index (χ3n) is 4.43. The number of hydrogen-bond donors (Lipinski definition) is 0. The Labute approximate surface area is 159 Å². The molecule has 6 heteroatoms. The van der Waals surface area contributed by atoms with Crippen molar-refractivity contribution in [3.63, 3.8) is 0 Å². The van der Waals surface area contributed by atoms with Gasteiger partial charge in [0.25, 0.3) is 0 Å². The van der Waals surface area contributed by atoms with Gasteiger partial charge in [-0.25, -0.2) is 0 Å². The highest BCUT2D eigenvalue weighted by Crippen LogP contribution is 2.60. The number of halogens is 2. The van der Waals surface area contributed by atoms with Crippen molar-refractivity contribution in [3.8, 4) is 18.4 Å². The van der Waals surface area contributed by atoms with Crippen molar-refractivity contribution in [2.75, 3.05) is 6.61 Å². The molecule has 24 heavy (non-hydrogen) atoms. The molecule has 1 aromatic heterocycles. The minimum absolute atomic E-state index is 0.0893. The van der Waals surface area contributed by atoms with E-state index in [0.717, 1.165) is 8.96 Å². The smallest absolute Gasteiger partial charge is 0.310 e. The van der Waals surface area contributed by atoms with Gasteiger partial charge < -0.3 is 9.30 Å². The monoisotopic (exact) mass is 452 g/mol. The fourth-order valence-electron chi connectivity index (χ4n) is 2.96. The van der Waals surface area contributed by atoms with Crippen LogP contribution in [-0.2, 0) is 22.5 Å². The van der Waals surface area contributed by atoms with Gasteiger partial charge in [-0.1, -0.05) is 25.8 Å². The van der Waals surface area contributed by atoms with Crippen LogP contribution in [0.1, 0.15) is 25.1 Å². The number of ether oxygens (including phenoxy) is 1. The lowest BCUT2D eigenvalue weighted by atomic mass is 10.1. The largest absolute Gasteiger partial charge is 0.465 e. The topological polar surface area (TPSA) is 55.0 Å². The van der Waals surface area contributed by atoms with Gasteiger partial charge in [0.05, 0.1) is 22.5 Å². The van der Waals surface area contributed by atoms with E-state index in [9.17, 15) is 4.79 Å². The van der Waals surface area contributed by atoms with Gasteiger partial charge in [0.2, 0.25) is 0 Å². The van der Waals surface area contributed by atoms with Gasteiger partial charge in [0, 0.05) is 12.6 Å². The van der Waals surface area contributed by atoms with E-state index in [1.807, 2.05) is 12.3 Å². The molecular weight excluding hydrogens is 436 g/mol. The predicted molar refractivity (Wildman–Crippen MR) is 99.3 cm³/mol. The fraction of sp³-hybridized carbons (Fsp3) is 0.444. The molecule has 2 atom stereocenters. The zero-order valence-corrected chi connectivity index (χ0v) is 16.7. The normalized spacial score (nSPS) is 20.6. The Morgan fingerprint density at radius 3 is 2.83 bits per heavy atom. The van der Waals surface area contributed by atoms with Crippen LogP contribution in [0.15, 0.2) is 21.7 Å². The molecule has 4 nitrogen and oxygen atoms in total. The Balaban J connectivity index is 1.89. The summed E-state index contributed by atoms with van der Waals surface area (Å²) >= 11 is 6.68. The number of carbonyl (C=O) groups is 1. The van der Waals surface area contributed by atoms with Crippen LogP contribution in [0.3, 0.4) is 0 Å². The van der Waals surface area contributed by atoms with Gasteiger partial charge in [-0.3, -0.25) is 4.79 Å². The number of hydrogen-bond acceptors (Lipinski definition) is 3. The van der Waals surface area contributed by atoms with Crippen molar-refractivity contribution < 1.29 is 9.53 Å². The van der Waals surface area contributed by atoms with Gasteiger partial charge in [0.15, 0.2) is 0 Å². The van der Waals surface area contributed by atoms with Crippen molar-refractivity contribution in [1.29, 1.82) is 5.26 Å². The van der Waals surface area contributed by atoms with Gasteiger partial charge in [-0.05, 0) is 54.8 Å². The van der Waals surface area contributed by atoms with Crippen LogP contribution in [0.25, 0.3) is 0 Å². The van der Waals surface area contributed by atoms with E-state index in [4.69, 9.17) is 16.4 Å². The Morgan fingerprint density at radius 1 is 1.54 bits per heavy atom. The summed E-state index contributed by atoms with van der Waals surface area (Å²) < 4.78 is 8.00. The molecule has 0 amide bonds. The Bertz CT molecular complexity index is 746. The lowest BCUT2D eigenvalue weighted by molar-refractivity contribution is -0.146. The first-order valence-corrected chi connectivity index (χ1v) is 9.12. The second-order valence-electron chi connectivity index (χ2n) is 6.38. The third-order valence-corrected chi connectivity index (χ3v) is 4.96. The maximum absolute atomic E-state index is 12.3. The molecule has 0 saturated heterocycles. The molecule has 1 aliphatic carbocycles. The molecule has 0 N–H and O–H groups in total. The van der Waals surface area contributed by atoms with Crippen LogP contribution in [0, 0.1) is 40.9 Å². The minimum atomic E-state index is -0.175. The standard InChI is InChI=1S/C18H18Br2N2O2/c1-4-6-22-11-12(8-13(22)10-21)5-7-24-17(23)16-14(9-15(19)20)18(16,2)3/h1,8-9,11,14,16H,5-7H2,2-3H3/t14-,16-/m1/s1. The second-order valence-corrected chi connectivity index (χ2v) is 9.15. The van der Waals surface area contributed by atoms with Crippen molar-refractivity contribution in [2.45, 2.75) is 26.8 Å². The number of rotatable bonds is 6. The number of aromatic nitrogens is 1. The van der Waals surface area contributed by atoms with Crippen molar-refractivity contribution in [1.82, 2.24) is 4.57 Å². The van der Waals surface area contributed by atoms with E-state index in [1.54, 1.807) is 10.6 Å². The van der Waals surface area contributed by atoms with Crippen LogP contribution in [-0.4, -0.2) is 17.1 Å². The molecular formula is C18H18Br2N2O2. The molecule has 2 rings (SSSR count). The molecule has 0 spiro atoms. The second kappa shape index (κ2) is 7.59. The van der Waals surface area contributed by atoms with E-state index in [-0.39, 0.29) is 23.2 Å². The van der Waals surface area contributed by atoms with Crippen LogP contribution < -0.4 is 0 Å². The minimum Gasteiger partial charge on any atom is -0.465 e. The van der Waals surface area contributed by atoms with E-state index < -0.39 is 0 Å². The molecule has 1 saturated carbocycles. The zero-order chi connectivity index (χ0) is 17.9. The lowest BCUT2D eigenvalue weighted by Gasteiger charge is -2.05. The summed E-state index contributed by atoms with van der Waals surface area (Å²) in [5.74, 6) is 2.38. The Hall–Kier alpha value is -1.50. The summed E-state index contributed by atoms with van der Waals surface area (Å²) in [5, 5.41) is 9.07. The van der Waals surface area contributed by atoms with Gasteiger partial charge in [-0.2, -0.15) is 5.26 Å². The summed E-state index contributed by atoms with van der Waals surface area (Å²) in [5.41, 5.74) is 1.36. The molecule has 0 radical (unpaired) electrons. The number of nitriles is 1. The average molecular weight is 454 g/mol. The fourth-order valence-corrected chi connectivity index (χ4v) is 3.53. The molecule has 0 unspecified atom stereocenters. The van der Waals surface area contributed by atoms with E-state index in [0.29, 0.717) is 25.3 Å².